The van der Waals surface area contributed by atoms with Crippen molar-refractivity contribution in [2.24, 2.45) is 0 Å². The summed E-state index contributed by atoms with van der Waals surface area (Å²) in [4.78, 5) is 13.0. The summed E-state index contributed by atoms with van der Waals surface area (Å²) in [5, 5.41) is 12.1. The topological polar surface area (TPSA) is 61.8 Å². The molecule has 0 spiro atoms. The predicted octanol–water partition coefficient (Wildman–Crippen LogP) is 4.85. The summed E-state index contributed by atoms with van der Waals surface area (Å²) in [6.45, 7) is 2.74. The number of carboxylic acids is 1. The van der Waals surface area contributed by atoms with Crippen LogP contribution in [0.3, 0.4) is 0 Å². The van der Waals surface area contributed by atoms with Crippen molar-refractivity contribution in [1.29, 1.82) is 0 Å². The summed E-state index contributed by atoms with van der Waals surface area (Å²) in [7, 11) is 0. The zero-order valence-corrected chi connectivity index (χ0v) is 17.2. The summed E-state index contributed by atoms with van der Waals surface area (Å²) in [5.41, 5.74) is 4.43. The summed E-state index contributed by atoms with van der Waals surface area (Å²) in [6, 6.07) is 21.3. The number of carbonyl (C=O) groups is 1. The molecule has 1 heterocycles. The number of nitrogens with one attached hydrogen (secondary N) is 1. The highest BCUT2D eigenvalue weighted by molar-refractivity contribution is 5.68. The van der Waals surface area contributed by atoms with Crippen molar-refractivity contribution in [2.75, 3.05) is 23.4 Å². The molecule has 31 heavy (non-hydrogen) atoms. The molecule has 0 saturated heterocycles. The van der Waals surface area contributed by atoms with Crippen LogP contribution in [0.5, 0.6) is 5.75 Å². The number of hydrogen-bond acceptors (Lipinski definition) is 4. The van der Waals surface area contributed by atoms with Crippen LogP contribution in [-0.2, 0) is 24.3 Å². The Hall–Kier alpha value is -3.54. The zero-order valence-electron chi connectivity index (χ0n) is 17.2. The van der Waals surface area contributed by atoms with Crippen molar-refractivity contribution in [2.45, 2.75) is 25.9 Å². The van der Waals surface area contributed by atoms with Crippen molar-refractivity contribution in [3.05, 3.63) is 89.2 Å². The number of aryl methyl sites for hydroxylation is 1. The summed E-state index contributed by atoms with van der Waals surface area (Å²) < 4.78 is 20.1. The molecule has 6 heteroatoms. The highest BCUT2D eigenvalue weighted by Crippen LogP contribution is 2.35. The molecule has 0 radical (unpaired) electrons. The van der Waals surface area contributed by atoms with E-state index < -0.39 is 5.97 Å². The second-order valence-corrected chi connectivity index (χ2v) is 7.61. The van der Waals surface area contributed by atoms with Gasteiger partial charge in [0, 0.05) is 25.2 Å². The molecule has 2 N–H and O–H groups in total. The van der Waals surface area contributed by atoms with Crippen molar-refractivity contribution in [1.82, 2.24) is 0 Å². The minimum absolute atomic E-state index is 0.0782. The van der Waals surface area contributed by atoms with E-state index in [2.05, 4.69) is 28.4 Å². The highest BCUT2D eigenvalue weighted by atomic mass is 19.1. The molecule has 0 saturated carbocycles. The van der Waals surface area contributed by atoms with E-state index in [4.69, 9.17) is 9.84 Å². The van der Waals surface area contributed by atoms with Crippen LogP contribution >= 0.6 is 0 Å². The first-order valence-corrected chi connectivity index (χ1v) is 10.4. The van der Waals surface area contributed by atoms with Crippen LogP contribution in [-0.4, -0.2) is 24.2 Å². The lowest BCUT2D eigenvalue weighted by Gasteiger charge is -2.31. The van der Waals surface area contributed by atoms with Gasteiger partial charge in [0.1, 0.15) is 18.2 Å². The maximum absolute atomic E-state index is 14.3. The molecule has 0 amide bonds. The van der Waals surface area contributed by atoms with E-state index in [1.807, 2.05) is 36.4 Å². The average Bonchev–Trinajstić information content (AvgIpc) is 2.78. The van der Waals surface area contributed by atoms with Gasteiger partial charge >= 0.3 is 5.97 Å². The van der Waals surface area contributed by atoms with E-state index >= 15 is 0 Å². The Morgan fingerprint density at radius 3 is 2.68 bits per heavy atom. The number of rotatable bonds is 8. The number of benzene rings is 3. The monoisotopic (exact) mass is 420 g/mol. The van der Waals surface area contributed by atoms with Crippen molar-refractivity contribution >= 4 is 17.3 Å². The smallest absolute Gasteiger partial charge is 0.303 e. The van der Waals surface area contributed by atoms with Gasteiger partial charge in [0.2, 0.25) is 0 Å². The van der Waals surface area contributed by atoms with Crippen molar-refractivity contribution in [3.63, 3.8) is 0 Å². The van der Waals surface area contributed by atoms with E-state index in [9.17, 15) is 9.18 Å². The lowest BCUT2D eigenvalue weighted by atomic mass is 10.1. The van der Waals surface area contributed by atoms with Crippen LogP contribution in [0.4, 0.5) is 15.8 Å². The summed E-state index contributed by atoms with van der Waals surface area (Å²) in [6.07, 6.45) is 0.113. The first kappa shape index (κ1) is 20.7. The van der Waals surface area contributed by atoms with Crippen LogP contribution < -0.4 is 15.0 Å². The van der Waals surface area contributed by atoms with Crippen molar-refractivity contribution < 1.29 is 19.0 Å². The molecule has 1 aliphatic rings. The van der Waals surface area contributed by atoms with Crippen LogP contribution in [0.15, 0.2) is 66.7 Å². The van der Waals surface area contributed by atoms with E-state index in [1.165, 1.54) is 11.6 Å². The maximum Gasteiger partial charge on any atom is 0.303 e. The first-order chi connectivity index (χ1) is 15.1. The fourth-order valence-electron chi connectivity index (χ4n) is 3.70. The molecule has 0 aliphatic carbocycles. The molecular weight excluding hydrogens is 395 g/mol. The number of hydrogen-bond donors (Lipinski definition) is 2. The van der Waals surface area contributed by atoms with Gasteiger partial charge in [-0.15, -0.1) is 0 Å². The van der Waals surface area contributed by atoms with Crippen LogP contribution in [0, 0.1) is 5.82 Å². The van der Waals surface area contributed by atoms with Crippen LogP contribution in [0.25, 0.3) is 0 Å². The molecule has 4 rings (SSSR count). The van der Waals surface area contributed by atoms with Crippen LogP contribution in [0.1, 0.15) is 23.1 Å². The van der Waals surface area contributed by atoms with E-state index in [1.54, 1.807) is 6.07 Å². The highest BCUT2D eigenvalue weighted by Gasteiger charge is 2.18. The average molecular weight is 420 g/mol. The van der Waals surface area contributed by atoms with Crippen molar-refractivity contribution in [3.8, 4) is 5.75 Å². The van der Waals surface area contributed by atoms with E-state index in [0.29, 0.717) is 18.7 Å². The lowest BCUT2D eigenvalue weighted by molar-refractivity contribution is -0.136. The molecule has 0 bridgehead atoms. The molecule has 1 aliphatic heterocycles. The van der Waals surface area contributed by atoms with Gasteiger partial charge in [-0.05, 0) is 47.4 Å². The third kappa shape index (κ3) is 5.34. The molecular formula is C25H25FN2O3. The normalized spacial score (nSPS) is 12.7. The van der Waals surface area contributed by atoms with E-state index in [0.717, 1.165) is 35.8 Å². The summed E-state index contributed by atoms with van der Waals surface area (Å²) in [5.74, 6) is -0.433. The largest absolute Gasteiger partial charge is 0.490 e. The quantitative estimate of drug-likeness (QED) is 0.545. The van der Waals surface area contributed by atoms with Gasteiger partial charge < -0.3 is 20.1 Å². The Morgan fingerprint density at radius 1 is 1.06 bits per heavy atom. The van der Waals surface area contributed by atoms with Gasteiger partial charge in [-0.25, -0.2) is 4.39 Å². The minimum Gasteiger partial charge on any atom is -0.490 e. The molecule has 0 atom stereocenters. The number of aliphatic carboxylic acids is 1. The molecule has 160 valence electrons. The first-order valence-electron chi connectivity index (χ1n) is 10.4. The number of ether oxygens (including phenoxy) is 1. The molecule has 3 aromatic rings. The Kier molecular flexibility index (Phi) is 6.36. The van der Waals surface area contributed by atoms with Gasteiger partial charge in [-0.3, -0.25) is 4.79 Å². The van der Waals surface area contributed by atoms with Gasteiger partial charge in [0.15, 0.2) is 0 Å². The fraction of sp³-hybridized carbons (Fsp3) is 0.240. The number of fused-ring (bicyclic) bond motifs is 1. The third-order valence-electron chi connectivity index (χ3n) is 5.36. The summed E-state index contributed by atoms with van der Waals surface area (Å²) >= 11 is 0. The number of carboxylic acid groups (broad SMARTS) is 1. The number of anilines is 2. The van der Waals surface area contributed by atoms with Gasteiger partial charge in [0.05, 0.1) is 12.2 Å². The molecule has 0 unspecified atom stereocenters. The second kappa shape index (κ2) is 9.51. The van der Waals surface area contributed by atoms with Gasteiger partial charge in [-0.1, -0.05) is 42.5 Å². The molecule has 0 fully saturated rings. The van der Waals surface area contributed by atoms with Crippen LogP contribution in [0.2, 0.25) is 0 Å². The fourth-order valence-corrected chi connectivity index (χ4v) is 3.70. The van der Waals surface area contributed by atoms with Gasteiger partial charge in [0.25, 0.3) is 0 Å². The lowest BCUT2D eigenvalue weighted by Crippen LogP contribution is -2.32. The minimum atomic E-state index is -0.928. The molecule has 0 aromatic heterocycles. The van der Waals surface area contributed by atoms with E-state index in [-0.39, 0.29) is 18.7 Å². The molecule has 3 aromatic carbocycles. The number of nitrogens with zero attached hydrogens (tertiary/aromatic N) is 1. The Labute approximate surface area is 181 Å². The Bertz CT molecular complexity index is 1060. The Morgan fingerprint density at radius 2 is 1.90 bits per heavy atom. The Balaban J connectivity index is 1.43. The van der Waals surface area contributed by atoms with Gasteiger partial charge in [-0.2, -0.15) is 0 Å². The predicted molar refractivity (Wildman–Crippen MR) is 119 cm³/mol. The SMILES string of the molecule is O=C(O)CCc1ccc(CNc2ccc3c(c2)N(Cc2ccccc2)CCO3)cc1F. The second-order valence-electron chi connectivity index (χ2n) is 7.61. The third-order valence-corrected chi connectivity index (χ3v) is 5.36. The molecule has 5 nitrogen and oxygen atoms in total. The maximum atomic E-state index is 14.3. The standard InChI is InChI=1S/C25H25FN2O3/c26-22-14-19(6-7-20(22)8-11-25(29)30)16-27-21-9-10-24-23(15-21)28(12-13-31-24)17-18-4-2-1-3-5-18/h1-7,9-10,14-15,27H,8,11-13,16-17H2,(H,29,30). The zero-order chi connectivity index (χ0) is 21.6. The number of halogens is 1.